The number of carbonyl (C=O) groups is 1. The predicted molar refractivity (Wildman–Crippen MR) is 75.1 cm³/mol. The summed E-state index contributed by atoms with van der Waals surface area (Å²) in [4.78, 5) is 13.5. The van der Waals surface area contributed by atoms with Gasteiger partial charge in [-0.1, -0.05) is 30.3 Å². The number of nitrogens with zero attached hydrogens (tertiary/aromatic N) is 1. The summed E-state index contributed by atoms with van der Waals surface area (Å²) in [7, 11) is 0. The minimum atomic E-state index is -2.53. The molecule has 1 heterocycles. The molecule has 0 bridgehead atoms. The van der Waals surface area contributed by atoms with E-state index >= 15 is 0 Å². The number of amides is 1. The van der Waals surface area contributed by atoms with Crippen LogP contribution in [0.4, 0.5) is 8.78 Å². The van der Waals surface area contributed by atoms with E-state index in [4.69, 9.17) is 4.74 Å². The first-order valence-corrected chi connectivity index (χ1v) is 7.06. The van der Waals surface area contributed by atoms with Gasteiger partial charge in [0.15, 0.2) is 0 Å². The molecule has 0 spiro atoms. The first-order valence-electron chi connectivity index (χ1n) is 7.06. The summed E-state index contributed by atoms with van der Waals surface area (Å²) in [6, 6.07) is 9.07. The van der Waals surface area contributed by atoms with E-state index in [2.05, 4.69) is 5.32 Å². The zero-order valence-electron chi connectivity index (χ0n) is 11.8. The smallest absolute Gasteiger partial charge is 0.255 e. The number of morpholine rings is 1. The molecule has 6 heteroatoms. The summed E-state index contributed by atoms with van der Waals surface area (Å²) in [5.74, 6) is -0.276. The molecule has 1 amide bonds. The quantitative estimate of drug-likeness (QED) is 0.868. The SMILES string of the molecule is O=C(CC1COCCN1)N(Cc1ccccc1)CC(F)F. The van der Waals surface area contributed by atoms with Gasteiger partial charge in [-0.05, 0) is 5.56 Å². The Balaban J connectivity index is 1.95. The van der Waals surface area contributed by atoms with Crippen LogP contribution in [0.3, 0.4) is 0 Å². The first kappa shape index (κ1) is 15.9. The van der Waals surface area contributed by atoms with Crippen molar-refractivity contribution in [2.75, 3.05) is 26.3 Å². The average Bonchev–Trinajstić information content (AvgIpc) is 2.48. The van der Waals surface area contributed by atoms with Crippen LogP contribution in [0.25, 0.3) is 0 Å². The van der Waals surface area contributed by atoms with Gasteiger partial charge in [-0.25, -0.2) is 8.78 Å². The van der Waals surface area contributed by atoms with Gasteiger partial charge in [-0.15, -0.1) is 0 Å². The molecule has 1 atom stereocenters. The second-order valence-electron chi connectivity index (χ2n) is 5.08. The normalized spacial score (nSPS) is 18.7. The maximum atomic E-state index is 12.7. The summed E-state index contributed by atoms with van der Waals surface area (Å²) < 4.78 is 30.7. The molecule has 1 N–H and O–H groups in total. The fraction of sp³-hybridized carbons (Fsp3) is 0.533. The highest BCUT2D eigenvalue weighted by atomic mass is 19.3. The van der Waals surface area contributed by atoms with Crippen molar-refractivity contribution in [3.63, 3.8) is 0 Å². The third-order valence-corrected chi connectivity index (χ3v) is 3.35. The van der Waals surface area contributed by atoms with E-state index in [9.17, 15) is 13.6 Å². The fourth-order valence-corrected chi connectivity index (χ4v) is 2.32. The van der Waals surface area contributed by atoms with Crippen molar-refractivity contribution in [3.8, 4) is 0 Å². The van der Waals surface area contributed by atoms with Crippen molar-refractivity contribution in [2.24, 2.45) is 0 Å². The van der Waals surface area contributed by atoms with E-state index in [-0.39, 0.29) is 24.9 Å². The second-order valence-corrected chi connectivity index (χ2v) is 5.08. The standard InChI is InChI=1S/C15H20F2N2O2/c16-14(17)10-19(9-12-4-2-1-3-5-12)15(20)8-13-11-21-7-6-18-13/h1-5,13-14,18H,6-11H2. The summed E-state index contributed by atoms with van der Waals surface area (Å²) in [5, 5.41) is 3.16. The van der Waals surface area contributed by atoms with Crippen LogP contribution in [-0.2, 0) is 16.1 Å². The van der Waals surface area contributed by atoms with Crippen LogP contribution in [0.5, 0.6) is 0 Å². The summed E-state index contributed by atoms with van der Waals surface area (Å²) >= 11 is 0. The van der Waals surface area contributed by atoms with E-state index in [0.29, 0.717) is 19.8 Å². The van der Waals surface area contributed by atoms with Crippen molar-refractivity contribution < 1.29 is 18.3 Å². The molecule has 1 saturated heterocycles. The van der Waals surface area contributed by atoms with Gasteiger partial charge in [0.05, 0.1) is 19.8 Å². The number of hydrogen-bond donors (Lipinski definition) is 1. The molecular weight excluding hydrogens is 278 g/mol. The number of alkyl halides is 2. The van der Waals surface area contributed by atoms with Gasteiger partial charge >= 0.3 is 0 Å². The maximum absolute atomic E-state index is 12.7. The van der Waals surface area contributed by atoms with Gasteiger partial charge in [-0.3, -0.25) is 4.79 Å². The van der Waals surface area contributed by atoms with Crippen LogP contribution in [0.15, 0.2) is 30.3 Å². The van der Waals surface area contributed by atoms with Crippen LogP contribution in [0, 0.1) is 0 Å². The van der Waals surface area contributed by atoms with E-state index in [1.54, 1.807) is 0 Å². The maximum Gasteiger partial charge on any atom is 0.255 e. The molecule has 0 saturated carbocycles. The molecule has 1 unspecified atom stereocenters. The molecule has 4 nitrogen and oxygen atoms in total. The Morgan fingerprint density at radius 3 is 2.76 bits per heavy atom. The lowest BCUT2D eigenvalue weighted by Crippen LogP contribution is -2.45. The Morgan fingerprint density at radius 2 is 2.14 bits per heavy atom. The monoisotopic (exact) mass is 298 g/mol. The molecule has 1 aromatic carbocycles. The van der Waals surface area contributed by atoms with Crippen molar-refractivity contribution in [1.82, 2.24) is 10.2 Å². The van der Waals surface area contributed by atoms with Gasteiger partial charge in [0.25, 0.3) is 6.43 Å². The molecule has 21 heavy (non-hydrogen) atoms. The van der Waals surface area contributed by atoms with Crippen LogP contribution in [0.1, 0.15) is 12.0 Å². The molecule has 1 aliphatic heterocycles. The highest BCUT2D eigenvalue weighted by molar-refractivity contribution is 5.77. The van der Waals surface area contributed by atoms with Crippen LogP contribution in [0.2, 0.25) is 0 Å². The molecule has 2 rings (SSSR count). The molecule has 1 aliphatic rings. The number of carbonyl (C=O) groups excluding carboxylic acids is 1. The van der Waals surface area contributed by atoms with Crippen LogP contribution in [-0.4, -0.2) is 49.6 Å². The Hall–Kier alpha value is -1.53. The third kappa shape index (κ3) is 5.40. The van der Waals surface area contributed by atoms with E-state index in [0.717, 1.165) is 5.56 Å². The molecule has 116 valence electrons. The zero-order chi connectivity index (χ0) is 15.1. The van der Waals surface area contributed by atoms with Gasteiger partial charge in [0, 0.05) is 25.6 Å². The largest absolute Gasteiger partial charge is 0.378 e. The second kappa shape index (κ2) is 8.05. The molecule has 1 fully saturated rings. The van der Waals surface area contributed by atoms with E-state index < -0.39 is 13.0 Å². The Bertz CT molecular complexity index is 437. The fourth-order valence-electron chi connectivity index (χ4n) is 2.32. The Morgan fingerprint density at radius 1 is 1.38 bits per heavy atom. The van der Waals surface area contributed by atoms with E-state index in [1.807, 2.05) is 30.3 Å². The van der Waals surface area contributed by atoms with Crippen molar-refractivity contribution in [3.05, 3.63) is 35.9 Å². The molecule has 0 radical (unpaired) electrons. The van der Waals surface area contributed by atoms with Crippen molar-refractivity contribution >= 4 is 5.91 Å². The van der Waals surface area contributed by atoms with Gasteiger partial charge in [0.2, 0.25) is 5.91 Å². The molecule has 0 aromatic heterocycles. The highest BCUT2D eigenvalue weighted by Gasteiger charge is 2.23. The highest BCUT2D eigenvalue weighted by Crippen LogP contribution is 2.11. The number of halogens is 2. The van der Waals surface area contributed by atoms with Crippen LogP contribution < -0.4 is 5.32 Å². The third-order valence-electron chi connectivity index (χ3n) is 3.35. The lowest BCUT2D eigenvalue weighted by Gasteiger charge is -2.27. The minimum Gasteiger partial charge on any atom is -0.378 e. The number of hydrogen-bond acceptors (Lipinski definition) is 3. The summed E-state index contributed by atoms with van der Waals surface area (Å²) in [5.41, 5.74) is 0.847. The van der Waals surface area contributed by atoms with Crippen molar-refractivity contribution in [2.45, 2.75) is 25.4 Å². The Labute approximate surface area is 123 Å². The molecule has 1 aromatic rings. The average molecular weight is 298 g/mol. The lowest BCUT2D eigenvalue weighted by molar-refractivity contribution is -0.135. The minimum absolute atomic E-state index is 0.0952. The number of benzene rings is 1. The van der Waals surface area contributed by atoms with E-state index in [1.165, 1.54) is 4.90 Å². The molecular formula is C15H20F2N2O2. The summed E-state index contributed by atoms with van der Waals surface area (Å²) in [6.45, 7) is 1.42. The predicted octanol–water partition coefficient (Wildman–Crippen LogP) is 1.66. The zero-order valence-corrected chi connectivity index (χ0v) is 11.8. The number of nitrogens with one attached hydrogen (secondary N) is 1. The number of rotatable bonds is 6. The van der Waals surface area contributed by atoms with Gasteiger partial charge in [0.1, 0.15) is 0 Å². The van der Waals surface area contributed by atoms with Gasteiger partial charge in [-0.2, -0.15) is 0 Å². The van der Waals surface area contributed by atoms with Crippen LogP contribution >= 0.6 is 0 Å². The lowest BCUT2D eigenvalue weighted by atomic mass is 10.1. The van der Waals surface area contributed by atoms with Crippen molar-refractivity contribution in [1.29, 1.82) is 0 Å². The topological polar surface area (TPSA) is 41.6 Å². The number of ether oxygens (including phenoxy) is 1. The Kier molecular flexibility index (Phi) is 6.07. The summed E-state index contributed by atoms with van der Waals surface area (Å²) in [6.07, 6.45) is -2.35. The van der Waals surface area contributed by atoms with Gasteiger partial charge < -0.3 is 15.0 Å². The molecule has 0 aliphatic carbocycles. The first-order chi connectivity index (χ1) is 10.1.